The van der Waals surface area contributed by atoms with Gasteiger partial charge < -0.3 is 10.1 Å². The number of nitrogens with one attached hydrogen (secondary N) is 1. The summed E-state index contributed by atoms with van der Waals surface area (Å²) in [6, 6.07) is 8.29. The van der Waals surface area contributed by atoms with Crippen molar-refractivity contribution >= 4 is 31.9 Å². The van der Waals surface area contributed by atoms with Gasteiger partial charge in [-0.1, -0.05) is 22.0 Å². The number of halogens is 2. The Labute approximate surface area is 136 Å². The van der Waals surface area contributed by atoms with Crippen molar-refractivity contribution in [3.8, 4) is 5.75 Å². The zero-order valence-electron chi connectivity index (χ0n) is 11.4. The van der Waals surface area contributed by atoms with Crippen molar-refractivity contribution in [2.45, 2.75) is 19.5 Å². The number of ether oxygens (including phenoxy) is 1. The minimum Gasteiger partial charge on any atom is -0.495 e. The third kappa shape index (κ3) is 3.81. The van der Waals surface area contributed by atoms with Crippen molar-refractivity contribution in [3.63, 3.8) is 0 Å². The Hall–Kier alpha value is -0.910. The second kappa shape index (κ2) is 7.20. The normalized spacial score (nSPS) is 12.2. The highest BCUT2D eigenvalue weighted by Crippen LogP contribution is 2.32. The second-order valence-corrected chi connectivity index (χ2v) is 6.24. The number of nitrogens with zero attached hydrogens (tertiary/aromatic N) is 1. The van der Waals surface area contributed by atoms with E-state index in [9.17, 15) is 0 Å². The Balaban J connectivity index is 2.11. The van der Waals surface area contributed by atoms with Crippen LogP contribution in [0.4, 0.5) is 0 Å². The molecule has 2 aromatic rings. The molecule has 106 valence electrons. The van der Waals surface area contributed by atoms with Crippen molar-refractivity contribution in [2.75, 3.05) is 7.11 Å². The third-order valence-corrected chi connectivity index (χ3v) is 4.12. The van der Waals surface area contributed by atoms with Gasteiger partial charge in [0.15, 0.2) is 0 Å². The first-order valence-electron chi connectivity index (χ1n) is 6.27. The molecule has 0 saturated carbocycles. The largest absolute Gasteiger partial charge is 0.495 e. The lowest BCUT2D eigenvalue weighted by Crippen LogP contribution is -2.18. The number of rotatable bonds is 5. The van der Waals surface area contributed by atoms with Gasteiger partial charge in [0.05, 0.1) is 11.6 Å². The molecule has 20 heavy (non-hydrogen) atoms. The highest BCUT2D eigenvalue weighted by molar-refractivity contribution is 9.11. The molecule has 1 N–H and O–H groups in total. The van der Waals surface area contributed by atoms with Gasteiger partial charge in [0.1, 0.15) is 5.75 Å². The molecule has 0 radical (unpaired) electrons. The van der Waals surface area contributed by atoms with E-state index in [1.165, 1.54) is 5.56 Å². The Morgan fingerprint density at radius 3 is 2.80 bits per heavy atom. The standard InChI is InChI=1S/C15H16Br2N2O/c1-10(11-4-3-5-18-8-11)19-9-12-6-13(16)7-14(17)15(12)20-2/h3-8,10,19H,9H2,1-2H3/t10-/m0/s1. The molecule has 5 heteroatoms. The highest BCUT2D eigenvalue weighted by Gasteiger charge is 2.11. The van der Waals surface area contributed by atoms with Crippen LogP contribution in [0.25, 0.3) is 0 Å². The van der Waals surface area contributed by atoms with Gasteiger partial charge in [-0.15, -0.1) is 0 Å². The monoisotopic (exact) mass is 398 g/mol. The highest BCUT2D eigenvalue weighted by atomic mass is 79.9. The van der Waals surface area contributed by atoms with E-state index in [1.807, 2.05) is 18.3 Å². The maximum Gasteiger partial charge on any atom is 0.137 e. The minimum absolute atomic E-state index is 0.228. The van der Waals surface area contributed by atoms with Crippen LogP contribution < -0.4 is 10.1 Å². The van der Waals surface area contributed by atoms with E-state index >= 15 is 0 Å². The number of pyridine rings is 1. The van der Waals surface area contributed by atoms with Gasteiger partial charge >= 0.3 is 0 Å². The van der Waals surface area contributed by atoms with Crippen molar-refractivity contribution in [3.05, 3.63) is 56.7 Å². The minimum atomic E-state index is 0.228. The molecular weight excluding hydrogens is 384 g/mol. The lowest BCUT2D eigenvalue weighted by molar-refractivity contribution is 0.403. The van der Waals surface area contributed by atoms with Gasteiger partial charge in [-0.2, -0.15) is 0 Å². The summed E-state index contributed by atoms with van der Waals surface area (Å²) in [5.41, 5.74) is 2.27. The number of benzene rings is 1. The fraction of sp³-hybridized carbons (Fsp3) is 0.267. The van der Waals surface area contributed by atoms with Crippen LogP contribution in [-0.2, 0) is 6.54 Å². The topological polar surface area (TPSA) is 34.1 Å². The summed E-state index contributed by atoms with van der Waals surface area (Å²) in [5, 5.41) is 3.48. The van der Waals surface area contributed by atoms with Crippen LogP contribution in [0, 0.1) is 0 Å². The maximum absolute atomic E-state index is 5.45. The van der Waals surface area contributed by atoms with Crippen LogP contribution in [0.5, 0.6) is 5.75 Å². The second-order valence-electron chi connectivity index (χ2n) is 4.47. The van der Waals surface area contributed by atoms with E-state index in [2.05, 4.69) is 61.2 Å². The smallest absolute Gasteiger partial charge is 0.137 e. The van der Waals surface area contributed by atoms with Crippen LogP contribution in [-0.4, -0.2) is 12.1 Å². The maximum atomic E-state index is 5.45. The fourth-order valence-electron chi connectivity index (χ4n) is 1.99. The Bertz CT molecular complexity index is 576. The molecule has 0 amide bonds. The summed E-state index contributed by atoms with van der Waals surface area (Å²) in [7, 11) is 1.68. The van der Waals surface area contributed by atoms with Crippen LogP contribution >= 0.6 is 31.9 Å². The van der Waals surface area contributed by atoms with E-state index in [4.69, 9.17) is 4.74 Å². The lowest BCUT2D eigenvalue weighted by Gasteiger charge is -2.16. The molecule has 0 aliphatic rings. The number of aromatic nitrogens is 1. The molecule has 0 saturated heterocycles. The molecule has 3 nitrogen and oxygen atoms in total. The average molecular weight is 400 g/mol. The molecule has 1 aromatic heterocycles. The van der Waals surface area contributed by atoms with Gasteiger partial charge in [0.2, 0.25) is 0 Å². The molecule has 1 heterocycles. The number of methoxy groups -OCH3 is 1. The third-order valence-electron chi connectivity index (χ3n) is 3.07. The molecule has 1 aromatic carbocycles. The Morgan fingerprint density at radius 1 is 1.35 bits per heavy atom. The lowest BCUT2D eigenvalue weighted by atomic mass is 10.1. The van der Waals surface area contributed by atoms with Crippen molar-refractivity contribution in [1.29, 1.82) is 0 Å². The molecule has 2 rings (SSSR count). The first kappa shape index (κ1) is 15.5. The predicted molar refractivity (Wildman–Crippen MR) is 87.9 cm³/mol. The summed E-state index contributed by atoms with van der Waals surface area (Å²) < 4.78 is 7.42. The zero-order chi connectivity index (χ0) is 14.5. The van der Waals surface area contributed by atoms with Crippen LogP contribution in [0.3, 0.4) is 0 Å². The Kier molecular flexibility index (Phi) is 5.57. The van der Waals surface area contributed by atoms with E-state index in [0.717, 1.165) is 26.8 Å². The summed E-state index contributed by atoms with van der Waals surface area (Å²) in [4.78, 5) is 4.14. The molecule has 0 bridgehead atoms. The zero-order valence-corrected chi connectivity index (χ0v) is 14.5. The SMILES string of the molecule is COc1c(Br)cc(Br)cc1CN[C@@H](C)c1cccnc1. The predicted octanol–water partition coefficient (Wildman–Crippen LogP) is 4.47. The van der Waals surface area contributed by atoms with Crippen molar-refractivity contribution in [2.24, 2.45) is 0 Å². The quantitative estimate of drug-likeness (QED) is 0.805. The van der Waals surface area contributed by atoms with E-state index in [1.54, 1.807) is 13.3 Å². The molecule has 0 unspecified atom stereocenters. The van der Waals surface area contributed by atoms with Gasteiger partial charge in [-0.05, 0) is 46.6 Å². The van der Waals surface area contributed by atoms with Crippen LogP contribution in [0.1, 0.15) is 24.1 Å². The van der Waals surface area contributed by atoms with E-state index in [-0.39, 0.29) is 6.04 Å². The number of hydrogen-bond donors (Lipinski definition) is 1. The van der Waals surface area contributed by atoms with E-state index < -0.39 is 0 Å². The first-order chi connectivity index (χ1) is 9.61. The van der Waals surface area contributed by atoms with Gasteiger partial charge in [-0.3, -0.25) is 4.98 Å². The first-order valence-corrected chi connectivity index (χ1v) is 7.85. The molecule has 0 aliphatic carbocycles. The molecule has 0 fully saturated rings. The van der Waals surface area contributed by atoms with Gasteiger partial charge in [0, 0.05) is 35.0 Å². The fourth-order valence-corrected chi connectivity index (χ4v) is 3.46. The van der Waals surface area contributed by atoms with Crippen molar-refractivity contribution in [1.82, 2.24) is 10.3 Å². The summed E-state index contributed by atoms with van der Waals surface area (Å²) in [6.45, 7) is 2.84. The summed E-state index contributed by atoms with van der Waals surface area (Å²) >= 11 is 7.02. The molecule has 0 spiro atoms. The van der Waals surface area contributed by atoms with E-state index in [0.29, 0.717) is 0 Å². The molecular formula is C15H16Br2N2O. The average Bonchev–Trinajstić information content (AvgIpc) is 2.45. The summed E-state index contributed by atoms with van der Waals surface area (Å²) in [6.07, 6.45) is 3.66. The van der Waals surface area contributed by atoms with Crippen molar-refractivity contribution < 1.29 is 4.74 Å². The van der Waals surface area contributed by atoms with Gasteiger partial charge in [-0.25, -0.2) is 0 Å². The Morgan fingerprint density at radius 2 is 2.15 bits per heavy atom. The van der Waals surface area contributed by atoms with Gasteiger partial charge in [0.25, 0.3) is 0 Å². The van der Waals surface area contributed by atoms with Crippen LogP contribution in [0.15, 0.2) is 45.6 Å². The van der Waals surface area contributed by atoms with Crippen LogP contribution in [0.2, 0.25) is 0 Å². The number of hydrogen-bond acceptors (Lipinski definition) is 3. The summed E-state index contributed by atoms with van der Waals surface area (Å²) in [5.74, 6) is 0.860. The molecule has 1 atom stereocenters. The molecule has 0 aliphatic heterocycles.